The lowest BCUT2D eigenvalue weighted by molar-refractivity contribution is -0.120. The van der Waals surface area contributed by atoms with Crippen molar-refractivity contribution in [3.05, 3.63) is 54.1 Å². The van der Waals surface area contributed by atoms with Gasteiger partial charge < -0.3 is 15.0 Å². The number of carbonyl (C=O) groups excluding carboxylic acids is 2. The van der Waals surface area contributed by atoms with Crippen LogP contribution in [0.4, 0.5) is 11.4 Å². The molecular weight excluding hydrogens is 468 g/mol. The first-order valence-electron chi connectivity index (χ1n) is 11.7. The second-order valence-corrected chi connectivity index (χ2v) is 9.57. The standard InChI is InChI=1S/C25H34N4O5S/c1-18(2)28-14-12-19(13-15-28)16-26-24(30)17-29(23-7-5-4-6-22(23)27-35(32)33)25(31)20-8-10-21(34-3)11-9-20/h4-11,18-19,27H,12-17H2,1-3H3,(H,26,30)(H,32,33). The van der Waals surface area contributed by atoms with Crippen LogP contribution in [0.2, 0.25) is 0 Å². The van der Waals surface area contributed by atoms with Crippen LogP contribution in [0.5, 0.6) is 5.75 Å². The van der Waals surface area contributed by atoms with E-state index in [4.69, 9.17) is 4.74 Å². The Hall–Kier alpha value is -2.95. The number of carbonyl (C=O) groups is 2. The molecule has 1 heterocycles. The van der Waals surface area contributed by atoms with Crippen molar-refractivity contribution in [1.29, 1.82) is 0 Å². The Kier molecular flexibility index (Phi) is 9.64. The summed E-state index contributed by atoms with van der Waals surface area (Å²) in [5, 5.41) is 2.98. The number of rotatable bonds is 10. The summed E-state index contributed by atoms with van der Waals surface area (Å²) in [7, 11) is 1.54. The minimum Gasteiger partial charge on any atom is -0.497 e. The van der Waals surface area contributed by atoms with Gasteiger partial charge in [0.2, 0.25) is 5.91 Å². The van der Waals surface area contributed by atoms with Crippen LogP contribution in [0.15, 0.2) is 48.5 Å². The van der Waals surface area contributed by atoms with Crippen molar-refractivity contribution in [2.24, 2.45) is 5.92 Å². The first kappa shape index (κ1) is 26.7. The zero-order valence-electron chi connectivity index (χ0n) is 20.4. The number of para-hydroxylation sites is 2. The van der Waals surface area contributed by atoms with Gasteiger partial charge in [0.05, 0.1) is 18.5 Å². The number of benzene rings is 2. The number of amides is 2. The maximum absolute atomic E-state index is 13.5. The molecule has 0 aromatic heterocycles. The highest BCUT2D eigenvalue weighted by molar-refractivity contribution is 7.80. The molecule has 0 aliphatic carbocycles. The minimum atomic E-state index is -2.34. The molecule has 10 heteroatoms. The number of nitrogens with zero attached hydrogens (tertiary/aromatic N) is 2. The van der Waals surface area contributed by atoms with E-state index in [2.05, 4.69) is 28.8 Å². The van der Waals surface area contributed by atoms with Gasteiger partial charge in [0, 0.05) is 18.2 Å². The smallest absolute Gasteiger partial charge is 0.259 e. The molecule has 190 valence electrons. The van der Waals surface area contributed by atoms with Crippen molar-refractivity contribution in [3.63, 3.8) is 0 Å². The predicted molar refractivity (Wildman–Crippen MR) is 138 cm³/mol. The first-order valence-corrected chi connectivity index (χ1v) is 12.8. The Balaban J connectivity index is 1.75. The van der Waals surface area contributed by atoms with Gasteiger partial charge in [-0.15, -0.1) is 0 Å². The summed E-state index contributed by atoms with van der Waals surface area (Å²) < 4.78 is 28.4. The van der Waals surface area contributed by atoms with Crippen LogP contribution < -0.4 is 19.7 Å². The third-order valence-corrected chi connectivity index (χ3v) is 6.64. The Bertz CT molecular complexity index is 1020. The molecule has 2 aromatic rings. The molecular formula is C25H34N4O5S. The summed E-state index contributed by atoms with van der Waals surface area (Å²) in [5.74, 6) is 0.293. The maximum atomic E-state index is 13.5. The minimum absolute atomic E-state index is 0.230. The molecule has 9 nitrogen and oxygen atoms in total. The van der Waals surface area contributed by atoms with Crippen LogP contribution in [-0.2, 0) is 16.1 Å². The zero-order valence-corrected chi connectivity index (χ0v) is 21.2. The Labute approximate surface area is 209 Å². The van der Waals surface area contributed by atoms with E-state index in [0.717, 1.165) is 25.9 Å². The van der Waals surface area contributed by atoms with E-state index in [1.807, 2.05) is 0 Å². The molecule has 1 fully saturated rings. The monoisotopic (exact) mass is 502 g/mol. The van der Waals surface area contributed by atoms with Gasteiger partial charge in [-0.1, -0.05) is 12.1 Å². The zero-order chi connectivity index (χ0) is 25.4. The summed E-state index contributed by atoms with van der Waals surface area (Å²) in [6, 6.07) is 13.7. The van der Waals surface area contributed by atoms with Crippen LogP contribution in [0.25, 0.3) is 0 Å². The lowest BCUT2D eigenvalue weighted by Crippen LogP contribution is -2.44. The molecule has 3 N–H and O–H groups in total. The van der Waals surface area contributed by atoms with E-state index in [1.54, 1.807) is 48.5 Å². The number of likely N-dealkylation sites (tertiary alicyclic amines) is 1. The molecule has 0 spiro atoms. The molecule has 0 saturated carbocycles. The highest BCUT2D eigenvalue weighted by atomic mass is 32.2. The van der Waals surface area contributed by atoms with Crippen LogP contribution >= 0.6 is 0 Å². The number of anilines is 2. The molecule has 0 radical (unpaired) electrons. The van der Waals surface area contributed by atoms with Crippen LogP contribution in [-0.4, -0.2) is 64.8 Å². The van der Waals surface area contributed by atoms with Crippen molar-refractivity contribution < 1.29 is 23.1 Å². The number of hydrogen-bond donors (Lipinski definition) is 3. The summed E-state index contributed by atoms with van der Waals surface area (Å²) in [6.45, 7) is 6.72. The molecule has 35 heavy (non-hydrogen) atoms. The number of ether oxygens (including phenoxy) is 1. The molecule has 2 aromatic carbocycles. The van der Waals surface area contributed by atoms with E-state index in [9.17, 15) is 18.4 Å². The highest BCUT2D eigenvalue weighted by Gasteiger charge is 2.25. The Morgan fingerprint density at radius 3 is 2.40 bits per heavy atom. The van der Waals surface area contributed by atoms with Gasteiger partial charge in [-0.3, -0.25) is 23.8 Å². The van der Waals surface area contributed by atoms with Crippen molar-refractivity contribution in [3.8, 4) is 5.75 Å². The van der Waals surface area contributed by atoms with Crippen molar-refractivity contribution in [2.75, 3.05) is 42.9 Å². The van der Waals surface area contributed by atoms with Crippen LogP contribution in [0.3, 0.4) is 0 Å². The van der Waals surface area contributed by atoms with E-state index >= 15 is 0 Å². The van der Waals surface area contributed by atoms with Gasteiger partial charge in [-0.2, -0.15) is 0 Å². The topological polar surface area (TPSA) is 111 Å². The second kappa shape index (κ2) is 12.7. The lowest BCUT2D eigenvalue weighted by atomic mass is 9.96. The summed E-state index contributed by atoms with van der Waals surface area (Å²) in [5.41, 5.74) is 0.958. The fourth-order valence-electron chi connectivity index (χ4n) is 4.18. The van der Waals surface area contributed by atoms with Crippen molar-refractivity contribution >= 4 is 34.5 Å². The SMILES string of the molecule is COc1ccc(C(=O)N(CC(=O)NCC2CCN(C(C)C)CC2)c2ccccc2NS(=O)O)cc1. The quantitative estimate of drug-likeness (QED) is 0.431. The molecule has 1 aliphatic heterocycles. The maximum Gasteiger partial charge on any atom is 0.259 e. The molecule has 1 saturated heterocycles. The summed E-state index contributed by atoms with van der Waals surface area (Å²) >= 11 is -2.34. The van der Waals surface area contributed by atoms with Gasteiger partial charge in [-0.05, 0) is 82.1 Å². The van der Waals surface area contributed by atoms with Crippen LogP contribution in [0.1, 0.15) is 37.0 Å². The predicted octanol–water partition coefficient (Wildman–Crippen LogP) is 3.13. The fraction of sp³-hybridized carbons (Fsp3) is 0.440. The number of piperidine rings is 1. The van der Waals surface area contributed by atoms with Gasteiger partial charge in [0.25, 0.3) is 17.2 Å². The third-order valence-electron chi connectivity index (χ3n) is 6.24. The Morgan fingerprint density at radius 1 is 1.14 bits per heavy atom. The van der Waals surface area contributed by atoms with E-state index in [-0.39, 0.29) is 18.1 Å². The van der Waals surface area contributed by atoms with E-state index in [1.165, 1.54) is 12.0 Å². The van der Waals surface area contributed by atoms with E-state index < -0.39 is 17.2 Å². The average Bonchev–Trinajstić information content (AvgIpc) is 2.86. The van der Waals surface area contributed by atoms with Gasteiger partial charge in [-0.25, -0.2) is 4.21 Å². The molecule has 1 atom stereocenters. The van der Waals surface area contributed by atoms with E-state index in [0.29, 0.717) is 35.5 Å². The second-order valence-electron chi connectivity index (χ2n) is 8.87. The fourth-order valence-corrected chi connectivity index (χ4v) is 4.54. The van der Waals surface area contributed by atoms with Gasteiger partial charge in [0.1, 0.15) is 12.3 Å². The third kappa shape index (κ3) is 7.51. The van der Waals surface area contributed by atoms with Gasteiger partial charge >= 0.3 is 0 Å². The largest absolute Gasteiger partial charge is 0.497 e. The normalized spacial score (nSPS) is 15.5. The number of hydrogen-bond acceptors (Lipinski definition) is 5. The number of methoxy groups -OCH3 is 1. The van der Waals surface area contributed by atoms with Crippen LogP contribution in [0, 0.1) is 5.92 Å². The summed E-state index contributed by atoms with van der Waals surface area (Å²) in [6.07, 6.45) is 2.03. The van der Waals surface area contributed by atoms with Crippen molar-refractivity contribution in [1.82, 2.24) is 10.2 Å². The molecule has 1 unspecified atom stereocenters. The molecule has 0 bridgehead atoms. The molecule has 3 rings (SSSR count). The summed E-state index contributed by atoms with van der Waals surface area (Å²) in [4.78, 5) is 30.2. The average molecular weight is 503 g/mol. The Morgan fingerprint density at radius 2 is 1.80 bits per heavy atom. The van der Waals surface area contributed by atoms with Gasteiger partial charge in [0.15, 0.2) is 0 Å². The molecule has 2 amide bonds. The lowest BCUT2D eigenvalue weighted by Gasteiger charge is -2.34. The highest BCUT2D eigenvalue weighted by Crippen LogP contribution is 2.28. The first-order chi connectivity index (χ1) is 16.8. The number of nitrogens with one attached hydrogen (secondary N) is 2. The molecule has 1 aliphatic rings. The van der Waals surface area contributed by atoms with Crippen molar-refractivity contribution in [2.45, 2.75) is 32.7 Å².